The Kier molecular flexibility index (Phi) is 6.70. The fraction of sp³-hybridized carbons (Fsp3) is 0.192. The molecule has 6 nitrogen and oxygen atoms in total. The van der Waals surface area contributed by atoms with Gasteiger partial charge in [0, 0.05) is 24.2 Å². The monoisotopic (exact) mass is 510 g/mol. The molecule has 3 aromatic carbocycles. The molecule has 0 bridgehead atoms. The van der Waals surface area contributed by atoms with Gasteiger partial charge in [0.2, 0.25) is 0 Å². The summed E-state index contributed by atoms with van der Waals surface area (Å²) in [6.07, 6.45) is 2.52. The number of hydrogen-bond acceptors (Lipinski definition) is 4. The van der Waals surface area contributed by atoms with Gasteiger partial charge in [0.05, 0.1) is 22.3 Å². The first-order valence-electron chi connectivity index (χ1n) is 11.1. The second-order valence-corrected chi connectivity index (χ2v) is 9.14. The summed E-state index contributed by atoms with van der Waals surface area (Å²) in [7, 11) is 0. The van der Waals surface area contributed by atoms with Crippen LogP contribution in [0.5, 0.6) is 5.75 Å². The molecule has 1 saturated heterocycles. The average Bonchev–Trinajstić information content (AvgIpc) is 3.55. The quantitative estimate of drug-likeness (QED) is 0.316. The van der Waals surface area contributed by atoms with Crippen LogP contribution in [0, 0.1) is 5.82 Å². The van der Waals surface area contributed by atoms with Crippen LogP contribution in [0.4, 0.5) is 4.39 Å². The molecule has 1 aliphatic rings. The summed E-state index contributed by atoms with van der Waals surface area (Å²) in [5.41, 5.74) is 2.47. The predicted octanol–water partition coefficient (Wildman–Crippen LogP) is 6.06. The SMILES string of the molecule is O=C(c1ccccc1)N1CCC(n2cc(-c3cc(F)ccc3OCc3ccc(Cl)c(Cl)c3)nn2)C1. The van der Waals surface area contributed by atoms with Gasteiger partial charge in [-0.05, 0) is 54.4 Å². The summed E-state index contributed by atoms with van der Waals surface area (Å²) in [6, 6.07) is 18.7. The lowest BCUT2D eigenvalue weighted by Crippen LogP contribution is -2.29. The van der Waals surface area contributed by atoms with Crippen molar-refractivity contribution in [3.63, 3.8) is 0 Å². The van der Waals surface area contributed by atoms with E-state index in [1.807, 2.05) is 41.3 Å². The first kappa shape index (κ1) is 23.3. The van der Waals surface area contributed by atoms with Crippen molar-refractivity contribution in [3.8, 4) is 17.0 Å². The molecule has 0 spiro atoms. The molecule has 5 rings (SSSR count). The number of halogens is 3. The van der Waals surface area contributed by atoms with E-state index in [0.29, 0.717) is 45.7 Å². The van der Waals surface area contributed by atoms with Gasteiger partial charge < -0.3 is 9.64 Å². The third-order valence-corrected chi connectivity index (χ3v) is 6.69. The van der Waals surface area contributed by atoms with Gasteiger partial charge in [-0.3, -0.25) is 4.79 Å². The van der Waals surface area contributed by atoms with Gasteiger partial charge in [-0.2, -0.15) is 0 Å². The molecular formula is C26H21Cl2FN4O2. The normalized spacial score (nSPS) is 15.4. The van der Waals surface area contributed by atoms with Crippen molar-refractivity contribution in [2.75, 3.05) is 13.1 Å². The third kappa shape index (κ3) is 5.16. The molecule has 178 valence electrons. The summed E-state index contributed by atoms with van der Waals surface area (Å²) < 4.78 is 21.8. The van der Waals surface area contributed by atoms with E-state index in [1.54, 1.807) is 29.1 Å². The summed E-state index contributed by atoms with van der Waals surface area (Å²) in [4.78, 5) is 14.6. The second kappa shape index (κ2) is 10.1. The van der Waals surface area contributed by atoms with Crippen LogP contribution in [0.2, 0.25) is 10.0 Å². The van der Waals surface area contributed by atoms with E-state index in [1.165, 1.54) is 12.1 Å². The molecule has 0 radical (unpaired) electrons. The first-order valence-corrected chi connectivity index (χ1v) is 11.9. The van der Waals surface area contributed by atoms with Crippen LogP contribution in [-0.2, 0) is 6.61 Å². The zero-order chi connectivity index (χ0) is 24.4. The van der Waals surface area contributed by atoms with E-state index in [2.05, 4.69) is 10.3 Å². The minimum Gasteiger partial charge on any atom is -0.488 e. The van der Waals surface area contributed by atoms with Crippen molar-refractivity contribution >= 4 is 29.1 Å². The van der Waals surface area contributed by atoms with Crippen molar-refractivity contribution in [1.29, 1.82) is 0 Å². The lowest BCUT2D eigenvalue weighted by Gasteiger charge is -2.16. The standard InChI is InChI=1S/C26H21Cl2FN4O2/c27-22-8-6-17(12-23(22)28)16-35-25-9-7-19(29)13-21(25)24-15-33(31-30-24)20-10-11-32(14-20)26(34)18-4-2-1-3-5-18/h1-9,12-13,15,20H,10-11,14,16H2. The number of aromatic nitrogens is 3. The molecule has 2 heterocycles. The Morgan fingerprint density at radius 1 is 1.06 bits per heavy atom. The van der Waals surface area contributed by atoms with Gasteiger partial charge >= 0.3 is 0 Å². The van der Waals surface area contributed by atoms with E-state index >= 15 is 0 Å². The Balaban J connectivity index is 1.31. The molecule has 1 unspecified atom stereocenters. The molecule has 9 heteroatoms. The number of hydrogen-bond donors (Lipinski definition) is 0. The van der Waals surface area contributed by atoms with Gasteiger partial charge in [-0.15, -0.1) is 5.10 Å². The van der Waals surface area contributed by atoms with Crippen molar-refractivity contribution in [1.82, 2.24) is 19.9 Å². The van der Waals surface area contributed by atoms with Crippen LogP contribution in [0.1, 0.15) is 28.4 Å². The van der Waals surface area contributed by atoms with Gasteiger partial charge in [0.25, 0.3) is 5.91 Å². The highest BCUT2D eigenvalue weighted by molar-refractivity contribution is 6.42. The molecule has 1 aliphatic heterocycles. The van der Waals surface area contributed by atoms with Crippen molar-refractivity contribution in [3.05, 3.63) is 99.9 Å². The van der Waals surface area contributed by atoms with E-state index < -0.39 is 5.82 Å². The maximum absolute atomic E-state index is 14.1. The van der Waals surface area contributed by atoms with E-state index in [4.69, 9.17) is 27.9 Å². The van der Waals surface area contributed by atoms with E-state index in [0.717, 1.165) is 12.0 Å². The van der Waals surface area contributed by atoms with Crippen molar-refractivity contribution < 1.29 is 13.9 Å². The van der Waals surface area contributed by atoms with Gasteiger partial charge in [0.15, 0.2) is 0 Å². The molecule has 4 aromatic rings. The smallest absolute Gasteiger partial charge is 0.253 e. The van der Waals surface area contributed by atoms with Crippen LogP contribution in [-0.4, -0.2) is 38.9 Å². The predicted molar refractivity (Wildman–Crippen MR) is 132 cm³/mol. The minimum absolute atomic E-state index is 0.00319. The number of carbonyl (C=O) groups excluding carboxylic acids is 1. The molecule has 0 saturated carbocycles. The Bertz CT molecular complexity index is 1360. The Hall–Kier alpha value is -3.42. The molecule has 1 fully saturated rings. The highest BCUT2D eigenvalue weighted by atomic mass is 35.5. The zero-order valence-electron chi connectivity index (χ0n) is 18.6. The number of benzene rings is 3. The van der Waals surface area contributed by atoms with Gasteiger partial charge in [-0.25, -0.2) is 9.07 Å². The maximum Gasteiger partial charge on any atom is 0.253 e. The number of amides is 1. The minimum atomic E-state index is -0.406. The van der Waals surface area contributed by atoms with Crippen LogP contribution in [0.15, 0.2) is 72.9 Å². The van der Waals surface area contributed by atoms with Crippen molar-refractivity contribution in [2.24, 2.45) is 0 Å². The highest BCUT2D eigenvalue weighted by Gasteiger charge is 2.29. The van der Waals surface area contributed by atoms with Crippen LogP contribution >= 0.6 is 23.2 Å². The van der Waals surface area contributed by atoms with E-state index in [9.17, 15) is 9.18 Å². The largest absolute Gasteiger partial charge is 0.488 e. The summed E-state index contributed by atoms with van der Waals surface area (Å²) in [6.45, 7) is 1.38. The molecule has 1 atom stereocenters. The highest BCUT2D eigenvalue weighted by Crippen LogP contribution is 2.32. The first-order chi connectivity index (χ1) is 17.0. The average molecular weight is 511 g/mol. The number of carbonyl (C=O) groups is 1. The van der Waals surface area contributed by atoms with Gasteiger partial charge in [-0.1, -0.05) is 52.7 Å². The Labute approximate surface area is 211 Å². The van der Waals surface area contributed by atoms with Crippen LogP contribution in [0.3, 0.4) is 0 Å². The maximum atomic E-state index is 14.1. The molecular weight excluding hydrogens is 490 g/mol. The third-order valence-electron chi connectivity index (χ3n) is 5.95. The number of rotatable bonds is 6. The summed E-state index contributed by atoms with van der Waals surface area (Å²) in [5.74, 6) is 0.0605. The Morgan fingerprint density at radius 2 is 1.89 bits per heavy atom. The number of likely N-dealkylation sites (tertiary alicyclic amines) is 1. The lowest BCUT2D eigenvalue weighted by molar-refractivity contribution is 0.0787. The molecule has 35 heavy (non-hydrogen) atoms. The topological polar surface area (TPSA) is 60.2 Å². The van der Waals surface area contributed by atoms with Crippen LogP contribution in [0.25, 0.3) is 11.3 Å². The zero-order valence-corrected chi connectivity index (χ0v) is 20.1. The summed E-state index contributed by atoms with van der Waals surface area (Å²) >= 11 is 12.1. The molecule has 0 aliphatic carbocycles. The van der Waals surface area contributed by atoms with Gasteiger partial charge in [0.1, 0.15) is 23.9 Å². The molecule has 0 N–H and O–H groups in total. The molecule has 1 amide bonds. The molecule has 1 aromatic heterocycles. The number of ether oxygens (including phenoxy) is 1. The van der Waals surface area contributed by atoms with Crippen molar-refractivity contribution in [2.45, 2.75) is 19.1 Å². The number of nitrogens with zero attached hydrogens (tertiary/aromatic N) is 4. The van der Waals surface area contributed by atoms with E-state index in [-0.39, 0.29) is 18.6 Å². The summed E-state index contributed by atoms with van der Waals surface area (Å²) in [5, 5.41) is 9.44. The second-order valence-electron chi connectivity index (χ2n) is 8.32. The van der Waals surface area contributed by atoms with Crippen LogP contribution < -0.4 is 4.74 Å². The lowest BCUT2D eigenvalue weighted by atomic mass is 10.1. The fourth-order valence-electron chi connectivity index (χ4n) is 4.10. The Morgan fingerprint density at radius 3 is 2.69 bits per heavy atom. The fourth-order valence-corrected chi connectivity index (χ4v) is 4.42.